The van der Waals surface area contributed by atoms with Crippen LogP contribution in [0, 0.1) is 0 Å². The lowest BCUT2D eigenvalue weighted by molar-refractivity contribution is 0.0177. The minimum Gasteiger partial charge on any atom is -0.411 e. The summed E-state index contributed by atoms with van der Waals surface area (Å²) in [5.74, 6) is 0. The van der Waals surface area contributed by atoms with Crippen LogP contribution in [0.2, 0.25) is 5.04 Å². The fourth-order valence-corrected chi connectivity index (χ4v) is 9.52. The Bertz CT molecular complexity index is 975. The molecule has 1 aliphatic rings. The predicted octanol–water partition coefficient (Wildman–Crippen LogP) is 5.40. The van der Waals surface area contributed by atoms with E-state index in [9.17, 15) is 0 Å². The van der Waals surface area contributed by atoms with Crippen LogP contribution in [0.3, 0.4) is 0 Å². The third kappa shape index (κ3) is 3.66. The highest BCUT2D eigenvalue weighted by Crippen LogP contribution is 2.50. The zero-order valence-corrected chi connectivity index (χ0v) is 19.5. The first-order valence-corrected chi connectivity index (χ1v) is 12.7. The highest BCUT2D eigenvalue weighted by atomic mass is 28.4. The number of hydrogen-bond donors (Lipinski definition) is 0. The van der Waals surface area contributed by atoms with E-state index in [4.69, 9.17) is 9.16 Å². The van der Waals surface area contributed by atoms with Gasteiger partial charge >= 0.3 is 0 Å². The molecular weight excluding hydrogens is 384 g/mol. The SMILES string of the molecule is CO[Si](c1ccccc1)(c1ccccc1C1(OCc2ccccc2)CC1)C(C)(C)C. The summed E-state index contributed by atoms with van der Waals surface area (Å²) in [5.41, 5.74) is 2.33. The van der Waals surface area contributed by atoms with Crippen molar-refractivity contribution in [2.45, 2.75) is 50.9 Å². The van der Waals surface area contributed by atoms with E-state index in [0.717, 1.165) is 12.8 Å². The van der Waals surface area contributed by atoms with E-state index in [1.807, 2.05) is 13.2 Å². The molecule has 0 saturated heterocycles. The van der Waals surface area contributed by atoms with Crippen LogP contribution in [0.4, 0.5) is 0 Å². The van der Waals surface area contributed by atoms with Crippen LogP contribution in [0.15, 0.2) is 84.9 Å². The van der Waals surface area contributed by atoms with E-state index in [-0.39, 0.29) is 10.6 Å². The lowest BCUT2D eigenvalue weighted by atomic mass is 10.1. The Hall–Kier alpha value is -2.20. The fraction of sp³-hybridized carbons (Fsp3) is 0.333. The molecule has 3 heteroatoms. The molecule has 1 unspecified atom stereocenters. The lowest BCUT2D eigenvalue weighted by Gasteiger charge is -2.43. The third-order valence-electron chi connectivity index (χ3n) is 6.40. The summed E-state index contributed by atoms with van der Waals surface area (Å²) in [5, 5.41) is 2.64. The van der Waals surface area contributed by atoms with Crippen molar-refractivity contribution >= 4 is 18.7 Å². The van der Waals surface area contributed by atoms with Crippen molar-refractivity contribution in [3.63, 3.8) is 0 Å². The Kier molecular flexibility index (Phi) is 5.71. The highest BCUT2D eigenvalue weighted by Gasteiger charge is 2.55. The van der Waals surface area contributed by atoms with Gasteiger partial charge in [-0.1, -0.05) is 106 Å². The van der Waals surface area contributed by atoms with Crippen molar-refractivity contribution in [2.24, 2.45) is 0 Å². The molecule has 0 heterocycles. The molecule has 2 nitrogen and oxygen atoms in total. The van der Waals surface area contributed by atoms with Gasteiger partial charge < -0.3 is 9.16 Å². The molecule has 1 saturated carbocycles. The molecule has 0 aromatic heterocycles. The maximum atomic E-state index is 6.61. The van der Waals surface area contributed by atoms with Gasteiger partial charge in [-0.2, -0.15) is 0 Å². The number of benzene rings is 3. The Morgan fingerprint density at radius 1 is 0.800 bits per heavy atom. The van der Waals surface area contributed by atoms with E-state index in [0.29, 0.717) is 6.61 Å². The normalized spacial score (nSPS) is 17.3. The van der Waals surface area contributed by atoms with Gasteiger partial charge in [0.2, 0.25) is 0 Å². The molecule has 0 radical (unpaired) electrons. The summed E-state index contributed by atoms with van der Waals surface area (Å²) in [6, 6.07) is 30.1. The van der Waals surface area contributed by atoms with E-state index < -0.39 is 8.32 Å². The van der Waals surface area contributed by atoms with Crippen LogP contribution >= 0.6 is 0 Å². The first-order chi connectivity index (χ1) is 14.4. The van der Waals surface area contributed by atoms with Crippen LogP contribution in [-0.2, 0) is 21.4 Å². The van der Waals surface area contributed by atoms with Gasteiger partial charge in [-0.3, -0.25) is 0 Å². The van der Waals surface area contributed by atoms with Crippen molar-refractivity contribution < 1.29 is 9.16 Å². The maximum absolute atomic E-state index is 6.61. The second-order valence-corrected chi connectivity index (χ2v) is 13.7. The summed E-state index contributed by atoms with van der Waals surface area (Å²) < 4.78 is 13.2. The minimum atomic E-state index is -2.53. The standard InChI is InChI=1S/C27H32O2Si/c1-26(2,3)30(28-4,23-15-9-6-10-16-23)25-18-12-11-17-24(25)27(19-20-27)29-21-22-13-7-5-8-14-22/h5-18H,19-21H2,1-4H3. The summed E-state index contributed by atoms with van der Waals surface area (Å²) >= 11 is 0. The highest BCUT2D eigenvalue weighted by molar-refractivity contribution is 6.99. The molecule has 0 N–H and O–H groups in total. The number of hydrogen-bond acceptors (Lipinski definition) is 2. The third-order valence-corrected chi connectivity index (χ3v) is 11.5. The van der Waals surface area contributed by atoms with Crippen LogP contribution in [-0.4, -0.2) is 15.4 Å². The minimum absolute atomic E-state index is 0.0191. The molecule has 0 bridgehead atoms. The molecule has 30 heavy (non-hydrogen) atoms. The van der Waals surface area contributed by atoms with Gasteiger partial charge in [-0.25, -0.2) is 0 Å². The molecule has 0 amide bonds. The summed E-state index contributed by atoms with van der Waals surface area (Å²) in [7, 11) is -0.631. The molecular formula is C27H32O2Si. The maximum Gasteiger partial charge on any atom is 0.260 e. The summed E-state index contributed by atoms with van der Waals surface area (Å²) in [6.45, 7) is 7.59. The fourth-order valence-electron chi connectivity index (χ4n) is 4.79. The molecule has 0 spiro atoms. The molecule has 3 aromatic rings. The van der Waals surface area contributed by atoms with Gasteiger partial charge in [0, 0.05) is 7.11 Å². The van der Waals surface area contributed by atoms with Crippen molar-refractivity contribution in [2.75, 3.05) is 7.11 Å². The molecule has 1 fully saturated rings. The molecule has 1 atom stereocenters. The smallest absolute Gasteiger partial charge is 0.260 e. The van der Waals surface area contributed by atoms with Crippen LogP contribution in [0.25, 0.3) is 0 Å². The van der Waals surface area contributed by atoms with Gasteiger partial charge in [-0.05, 0) is 39.4 Å². The predicted molar refractivity (Wildman–Crippen MR) is 127 cm³/mol. The van der Waals surface area contributed by atoms with Crippen molar-refractivity contribution in [3.05, 3.63) is 96.1 Å². The van der Waals surface area contributed by atoms with E-state index >= 15 is 0 Å². The van der Waals surface area contributed by atoms with E-state index in [2.05, 4.69) is 99.6 Å². The summed E-state index contributed by atoms with van der Waals surface area (Å²) in [6.07, 6.45) is 2.12. The quantitative estimate of drug-likeness (QED) is 0.480. The van der Waals surface area contributed by atoms with Crippen molar-refractivity contribution in [3.8, 4) is 0 Å². The molecule has 0 aliphatic heterocycles. The van der Waals surface area contributed by atoms with Gasteiger partial charge in [0.05, 0.1) is 12.2 Å². The van der Waals surface area contributed by atoms with Gasteiger partial charge in [0.1, 0.15) is 0 Å². The van der Waals surface area contributed by atoms with E-state index in [1.54, 1.807) is 0 Å². The zero-order valence-electron chi connectivity index (χ0n) is 18.5. The van der Waals surface area contributed by atoms with Crippen LogP contribution in [0.5, 0.6) is 0 Å². The average molecular weight is 417 g/mol. The number of ether oxygens (including phenoxy) is 1. The Labute approximate surface area is 182 Å². The first-order valence-electron chi connectivity index (χ1n) is 10.8. The van der Waals surface area contributed by atoms with Gasteiger partial charge in [0.25, 0.3) is 8.32 Å². The van der Waals surface area contributed by atoms with Crippen LogP contribution in [0.1, 0.15) is 44.7 Å². The molecule has 4 rings (SSSR count). The number of rotatable bonds is 7. The van der Waals surface area contributed by atoms with Crippen molar-refractivity contribution in [1.82, 2.24) is 0 Å². The molecule has 156 valence electrons. The summed E-state index contributed by atoms with van der Waals surface area (Å²) in [4.78, 5) is 0. The Morgan fingerprint density at radius 2 is 1.37 bits per heavy atom. The van der Waals surface area contributed by atoms with Crippen LogP contribution < -0.4 is 10.4 Å². The van der Waals surface area contributed by atoms with Gasteiger partial charge in [-0.15, -0.1) is 0 Å². The second kappa shape index (κ2) is 8.14. The second-order valence-electron chi connectivity index (χ2n) is 9.32. The largest absolute Gasteiger partial charge is 0.411 e. The topological polar surface area (TPSA) is 18.5 Å². The van der Waals surface area contributed by atoms with Crippen molar-refractivity contribution in [1.29, 1.82) is 0 Å². The van der Waals surface area contributed by atoms with Gasteiger partial charge in [0.15, 0.2) is 0 Å². The lowest BCUT2D eigenvalue weighted by Crippen LogP contribution is -2.67. The zero-order chi connectivity index (χ0) is 21.2. The average Bonchev–Trinajstić information content (AvgIpc) is 3.55. The molecule has 3 aromatic carbocycles. The first kappa shape index (κ1) is 21.0. The molecule has 1 aliphatic carbocycles. The Balaban J connectivity index is 1.80. The Morgan fingerprint density at radius 3 is 1.93 bits per heavy atom. The monoisotopic (exact) mass is 416 g/mol. The van der Waals surface area contributed by atoms with E-state index in [1.165, 1.54) is 21.5 Å².